The Hall–Kier alpha value is -1.01. The van der Waals surface area contributed by atoms with Gasteiger partial charge in [0.2, 0.25) is 5.91 Å². The highest BCUT2D eigenvalue weighted by Gasteiger charge is 2.15. The monoisotopic (exact) mass is 321 g/mol. The molecule has 0 bridgehead atoms. The fourth-order valence-electron chi connectivity index (χ4n) is 1.47. The minimum absolute atomic E-state index is 0.222. The van der Waals surface area contributed by atoms with Gasteiger partial charge in [0.15, 0.2) is 0 Å². The second kappa shape index (κ2) is 7.43. The molecule has 0 saturated carbocycles. The molecule has 1 aromatic carbocycles. The maximum Gasteiger partial charge on any atom is 0.224 e. The van der Waals surface area contributed by atoms with E-state index < -0.39 is 17.5 Å². The Morgan fingerprint density at radius 1 is 1.44 bits per heavy atom. The van der Waals surface area contributed by atoms with Gasteiger partial charge >= 0.3 is 0 Å². The molecule has 1 atom stereocenters. The number of methoxy groups -OCH3 is 1. The average Bonchev–Trinajstić information content (AvgIpc) is 2.33. The van der Waals surface area contributed by atoms with E-state index in [0.29, 0.717) is 11.9 Å². The van der Waals surface area contributed by atoms with Crippen LogP contribution in [-0.2, 0) is 16.0 Å². The van der Waals surface area contributed by atoms with E-state index in [2.05, 4.69) is 21.2 Å². The van der Waals surface area contributed by atoms with Crippen molar-refractivity contribution in [2.45, 2.75) is 12.5 Å². The van der Waals surface area contributed by atoms with Gasteiger partial charge in [-0.2, -0.15) is 0 Å². The van der Waals surface area contributed by atoms with Crippen LogP contribution < -0.4 is 5.32 Å². The summed E-state index contributed by atoms with van der Waals surface area (Å²) in [4.78, 5) is 11.6. The molecule has 1 rings (SSSR count). The molecule has 0 aliphatic carbocycles. The first-order chi connectivity index (χ1) is 8.58. The standard InChI is InChI=1S/C12H14BrF2NO2/c1-18-7-8(6-13)16-12(17)5-9-10(14)3-2-4-11(9)15/h2-4,8H,5-7H2,1H3,(H,16,17). The minimum atomic E-state index is -0.715. The van der Waals surface area contributed by atoms with Crippen molar-refractivity contribution in [3.8, 4) is 0 Å². The topological polar surface area (TPSA) is 38.3 Å². The third-order valence-corrected chi connectivity index (χ3v) is 3.10. The summed E-state index contributed by atoms with van der Waals surface area (Å²) in [6.07, 6.45) is -0.328. The van der Waals surface area contributed by atoms with E-state index in [1.54, 1.807) is 0 Å². The molecule has 0 heterocycles. The van der Waals surface area contributed by atoms with Crippen LogP contribution in [-0.4, -0.2) is 31.0 Å². The summed E-state index contributed by atoms with van der Waals surface area (Å²) in [5, 5.41) is 3.13. The molecular weight excluding hydrogens is 308 g/mol. The molecule has 1 amide bonds. The lowest BCUT2D eigenvalue weighted by atomic mass is 10.1. The summed E-state index contributed by atoms with van der Waals surface area (Å²) in [6.45, 7) is 0.330. The molecule has 0 aliphatic rings. The Bertz CT molecular complexity index is 395. The summed E-state index contributed by atoms with van der Waals surface area (Å²) < 4.78 is 31.5. The Morgan fingerprint density at radius 2 is 2.06 bits per heavy atom. The second-order valence-electron chi connectivity index (χ2n) is 3.75. The molecule has 0 aliphatic heterocycles. The lowest BCUT2D eigenvalue weighted by Gasteiger charge is -2.15. The minimum Gasteiger partial charge on any atom is -0.383 e. The summed E-state index contributed by atoms with van der Waals surface area (Å²) in [6, 6.07) is 3.29. The number of rotatable bonds is 6. The molecule has 0 spiro atoms. The van der Waals surface area contributed by atoms with Crippen LogP contribution in [0.4, 0.5) is 8.78 Å². The maximum atomic E-state index is 13.3. The molecule has 1 aromatic rings. The highest BCUT2D eigenvalue weighted by Crippen LogP contribution is 2.12. The van der Waals surface area contributed by atoms with Gasteiger partial charge in [-0.15, -0.1) is 0 Å². The largest absolute Gasteiger partial charge is 0.383 e. The van der Waals surface area contributed by atoms with Gasteiger partial charge in [-0.05, 0) is 12.1 Å². The highest BCUT2D eigenvalue weighted by molar-refractivity contribution is 9.09. The van der Waals surface area contributed by atoms with Gasteiger partial charge in [0.25, 0.3) is 0 Å². The van der Waals surface area contributed by atoms with Crippen LogP contribution in [0.25, 0.3) is 0 Å². The number of ether oxygens (including phenoxy) is 1. The van der Waals surface area contributed by atoms with Crippen molar-refractivity contribution in [1.29, 1.82) is 0 Å². The summed E-state index contributed by atoms with van der Waals surface area (Å²) in [5.41, 5.74) is -0.222. The lowest BCUT2D eigenvalue weighted by molar-refractivity contribution is -0.121. The number of carbonyl (C=O) groups is 1. The Morgan fingerprint density at radius 3 is 2.56 bits per heavy atom. The third kappa shape index (κ3) is 4.34. The van der Waals surface area contributed by atoms with Crippen LogP contribution in [0.3, 0.4) is 0 Å². The molecule has 0 radical (unpaired) electrons. The van der Waals surface area contributed by atoms with E-state index in [-0.39, 0.29) is 18.0 Å². The number of carbonyl (C=O) groups excluding carboxylic acids is 1. The second-order valence-corrected chi connectivity index (χ2v) is 4.40. The van der Waals surface area contributed by atoms with Gasteiger partial charge in [-0.1, -0.05) is 22.0 Å². The Labute approximate surface area is 113 Å². The zero-order chi connectivity index (χ0) is 13.5. The number of amides is 1. The zero-order valence-electron chi connectivity index (χ0n) is 9.88. The molecule has 18 heavy (non-hydrogen) atoms. The summed E-state index contributed by atoms with van der Waals surface area (Å²) in [7, 11) is 1.51. The first-order valence-electron chi connectivity index (χ1n) is 5.35. The van der Waals surface area contributed by atoms with Crippen LogP contribution in [0, 0.1) is 11.6 Å². The predicted molar refractivity (Wildman–Crippen MR) is 67.7 cm³/mol. The van der Waals surface area contributed by atoms with E-state index in [9.17, 15) is 13.6 Å². The van der Waals surface area contributed by atoms with Gasteiger partial charge in [-0.25, -0.2) is 8.78 Å². The fraction of sp³-hybridized carbons (Fsp3) is 0.417. The van der Waals surface area contributed by atoms with Crippen LogP contribution in [0.5, 0.6) is 0 Å². The van der Waals surface area contributed by atoms with E-state index in [1.807, 2.05) is 0 Å². The van der Waals surface area contributed by atoms with Gasteiger partial charge in [0.05, 0.1) is 19.1 Å². The molecule has 1 unspecified atom stereocenters. The number of halogens is 3. The third-order valence-electron chi connectivity index (χ3n) is 2.32. The van der Waals surface area contributed by atoms with Crippen molar-refractivity contribution in [2.24, 2.45) is 0 Å². The number of nitrogens with one attached hydrogen (secondary N) is 1. The van der Waals surface area contributed by atoms with Crippen molar-refractivity contribution in [1.82, 2.24) is 5.32 Å². The van der Waals surface area contributed by atoms with E-state index >= 15 is 0 Å². The summed E-state index contributed by atoms with van der Waals surface area (Å²) >= 11 is 3.22. The van der Waals surface area contributed by atoms with Gasteiger partial charge in [0, 0.05) is 18.0 Å². The molecule has 3 nitrogen and oxygen atoms in total. The van der Waals surface area contributed by atoms with Crippen LogP contribution in [0.15, 0.2) is 18.2 Å². The molecule has 0 fully saturated rings. The van der Waals surface area contributed by atoms with E-state index in [0.717, 1.165) is 12.1 Å². The molecule has 0 aromatic heterocycles. The van der Waals surface area contributed by atoms with Crippen molar-refractivity contribution < 1.29 is 18.3 Å². The number of hydrogen-bond donors (Lipinski definition) is 1. The number of benzene rings is 1. The highest BCUT2D eigenvalue weighted by atomic mass is 79.9. The average molecular weight is 322 g/mol. The normalized spacial score (nSPS) is 12.2. The first kappa shape index (κ1) is 15.0. The number of hydrogen-bond acceptors (Lipinski definition) is 2. The van der Waals surface area contributed by atoms with Gasteiger partial charge < -0.3 is 10.1 Å². The van der Waals surface area contributed by atoms with Crippen molar-refractivity contribution in [3.05, 3.63) is 35.4 Å². The molecular formula is C12H14BrF2NO2. The first-order valence-corrected chi connectivity index (χ1v) is 6.47. The molecule has 1 N–H and O–H groups in total. The fourth-order valence-corrected chi connectivity index (χ4v) is 1.82. The SMILES string of the molecule is COCC(CBr)NC(=O)Cc1c(F)cccc1F. The van der Waals surface area contributed by atoms with Crippen LogP contribution in [0.1, 0.15) is 5.56 Å². The molecule has 100 valence electrons. The zero-order valence-corrected chi connectivity index (χ0v) is 11.5. The van der Waals surface area contributed by atoms with Crippen molar-refractivity contribution in [2.75, 3.05) is 19.0 Å². The molecule has 0 saturated heterocycles. The Kier molecular flexibility index (Phi) is 6.21. The quantitative estimate of drug-likeness (QED) is 0.814. The predicted octanol–water partition coefficient (Wildman–Crippen LogP) is 2.03. The van der Waals surface area contributed by atoms with E-state index in [1.165, 1.54) is 13.2 Å². The van der Waals surface area contributed by atoms with E-state index in [4.69, 9.17) is 4.74 Å². The van der Waals surface area contributed by atoms with Gasteiger partial charge in [0.1, 0.15) is 11.6 Å². The Balaban J connectivity index is 2.64. The van der Waals surface area contributed by atoms with Crippen molar-refractivity contribution in [3.63, 3.8) is 0 Å². The maximum absolute atomic E-state index is 13.3. The lowest BCUT2D eigenvalue weighted by Crippen LogP contribution is -2.40. The smallest absolute Gasteiger partial charge is 0.224 e. The van der Waals surface area contributed by atoms with Crippen LogP contribution >= 0.6 is 15.9 Å². The summed E-state index contributed by atoms with van der Waals surface area (Å²) in [5.74, 6) is -1.87. The van der Waals surface area contributed by atoms with Crippen molar-refractivity contribution >= 4 is 21.8 Å². The van der Waals surface area contributed by atoms with Gasteiger partial charge in [-0.3, -0.25) is 4.79 Å². The number of alkyl halides is 1. The molecule has 6 heteroatoms. The van der Waals surface area contributed by atoms with Crippen LogP contribution in [0.2, 0.25) is 0 Å².